The lowest BCUT2D eigenvalue weighted by atomic mass is 10.1. The van der Waals surface area contributed by atoms with Crippen molar-refractivity contribution in [1.29, 1.82) is 0 Å². The maximum absolute atomic E-state index is 8.94. The molecule has 0 fully saturated rings. The summed E-state index contributed by atoms with van der Waals surface area (Å²) in [5, 5.41) is 17.5. The first-order valence-electron chi connectivity index (χ1n) is 11.7. The van der Waals surface area contributed by atoms with Gasteiger partial charge in [-0.05, 0) is 6.42 Å². The maximum atomic E-state index is 8.94. The van der Waals surface area contributed by atoms with E-state index in [1.165, 1.54) is 44.9 Å². The Bertz CT molecular complexity index is 307. The highest BCUT2D eigenvalue weighted by Gasteiger charge is 2.08. The summed E-state index contributed by atoms with van der Waals surface area (Å²) in [5.41, 5.74) is 0. The molecule has 182 valence electrons. The molecule has 1 unspecified atom stereocenters. The van der Waals surface area contributed by atoms with Gasteiger partial charge in [-0.1, -0.05) is 58.3 Å². The van der Waals surface area contributed by atoms with Gasteiger partial charge in [0.1, 0.15) is 0 Å². The molecular weight excluding hydrogens is 392 g/mol. The fourth-order valence-electron chi connectivity index (χ4n) is 2.85. The second kappa shape index (κ2) is 26.7. The van der Waals surface area contributed by atoms with Crippen LogP contribution in [0.2, 0.25) is 0 Å². The van der Waals surface area contributed by atoms with Gasteiger partial charge in [-0.25, -0.2) is 10.1 Å². The normalized spacial score (nSPS) is 12.5. The Labute approximate surface area is 183 Å². The highest BCUT2D eigenvalue weighted by molar-refractivity contribution is 4.50. The summed E-state index contributed by atoms with van der Waals surface area (Å²) in [6, 6.07) is 0. The van der Waals surface area contributed by atoms with Gasteiger partial charge in [0.25, 0.3) is 0 Å². The van der Waals surface area contributed by atoms with Crippen molar-refractivity contribution in [2.75, 3.05) is 66.1 Å². The predicted molar refractivity (Wildman–Crippen MR) is 116 cm³/mol. The fraction of sp³-hybridized carbons (Fsp3) is 1.00. The molecule has 0 spiro atoms. The highest BCUT2D eigenvalue weighted by atomic mass is 17.1. The van der Waals surface area contributed by atoms with E-state index in [1.807, 2.05) is 0 Å². The predicted octanol–water partition coefficient (Wildman–Crippen LogP) is 3.80. The minimum atomic E-state index is -0.576. The zero-order chi connectivity index (χ0) is 22.0. The monoisotopic (exact) mass is 438 g/mol. The van der Waals surface area contributed by atoms with Gasteiger partial charge in [-0.2, -0.15) is 0 Å². The molecule has 0 rings (SSSR count). The fourth-order valence-corrected chi connectivity index (χ4v) is 2.85. The third kappa shape index (κ3) is 24.0. The molecule has 0 amide bonds. The Morgan fingerprint density at radius 1 is 0.567 bits per heavy atom. The Kier molecular flexibility index (Phi) is 26.4. The first kappa shape index (κ1) is 29.7. The minimum Gasteiger partial charge on any atom is -0.394 e. The van der Waals surface area contributed by atoms with Crippen LogP contribution in [0.3, 0.4) is 0 Å². The smallest absolute Gasteiger partial charge is 0.191 e. The van der Waals surface area contributed by atoms with E-state index in [0.717, 1.165) is 12.8 Å². The lowest BCUT2D eigenvalue weighted by molar-refractivity contribution is -0.348. The Morgan fingerprint density at radius 2 is 1.00 bits per heavy atom. The van der Waals surface area contributed by atoms with Crippen LogP contribution in [-0.2, 0) is 28.6 Å². The van der Waals surface area contributed by atoms with Crippen LogP contribution in [0.5, 0.6) is 0 Å². The molecule has 0 heterocycles. The van der Waals surface area contributed by atoms with Gasteiger partial charge in [0.2, 0.25) is 0 Å². The molecule has 0 aliphatic rings. The van der Waals surface area contributed by atoms with Crippen LogP contribution in [0.4, 0.5) is 0 Å². The topological polar surface area (TPSA) is 95.8 Å². The molecule has 0 aliphatic heterocycles. The molecule has 0 aliphatic carbocycles. The Morgan fingerprint density at radius 3 is 1.47 bits per heavy atom. The van der Waals surface area contributed by atoms with Crippen molar-refractivity contribution in [3.05, 3.63) is 0 Å². The lowest BCUT2D eigenvalue weighted by Gasteiger charge is -2.14. The number of hydrogen-bond donors (Lipinski definition) is 2. The second-order valence-corrected chi connectivity index (χ2v) is 7.20. The van der Waals surface area contributed by atoms with E-state index in [9.17, 15) is 0 Å². The third-order valence-corrected chi connectivity index (χ3v) is 4.54. The number of aliphatic hydroxyl groups excluding tert-OH is 1. The van der Waals surface area contributed by atoms with Crippen molar-refractivity contribution in [3.8, 4) is 0 Å². The number of unbranched alkanes of at least 4 members (excludes halogenated alkanes) is 8. The van der Waals surface area contributed by atoms with E-state index in [4.69, 9.17) is 34.0 Å². The van der Waals surface area contributed by atoms with Crippen LogP contribution in [0.25, 0.3) is 0 Å². The summed E-state index contributed by atoms with van der Waals surface area (Å²) in [6.07, 6.45) is 11.4. The van der Waals surface area contributed by atoms with E-state index in [2.05, 4.69) is 11.8 Å². The maximum Gasteiger partial charge on any atom is 0.191 e. The van der Waals surface area contributed by atoms with Crippen LogP contribution in [0, 0.1) is 0 Å². The van der Waals surface area contributed by atoms with Crippen molar-refractivity contribution >= 4 is 0 Å². The van der Waals surface area contributed by atoms with Crippen molar-refractivity contribution in [1.82, 2.24) is 0 Å². The zero-order valence-electron chi connectivity index (χ0n) is 19.1. The quantitative estimate of drug-likeness (QED) is 0.0911. The molecule has 30 heavy (non-hydrogen) atoms. The molecule has 0 aromatic carbocycles. The average Bonchev–Trinajstić information content (AvgIpc) is 2.76. The van der Waals surface area contributed by atoms with E-state index >= 15 is 0 Å². The van der Waals surface area contributed by atoms with Crippen LogP contribution < -0.4 is 0 Å². The van der Waals surface area contributed by atoms with E-state index in [1.54, 1.807) is 0 Å². The summed E-state index contributed by atoms with van der Waals surface area (Å²) >= 11 is 0. The van der Waals surface area contributed by atoms with Gasteiger partial charge < -0.3 is 28.8 Å². The van der Waals surface area contributed by atoms with Crippen LogP contribution in [0.1, 0.15) is 71.1 Å². The SMILES string of the molecule is CCCCCCCCCCCC(OO)OCCOCCOCCOCCOCCO. The van der Waals surface area contributed by atoms with E-state index in [-0.39, 0.29) is 6.61 Å². The first-order chi connectivity index (χ1) is 14.8. The third-order valence-electron chi connectivity index (χ3n) is 4.54. The molecule has 1 atom stereocenters. The molecule has 0 aromatic rings. The molecule has 0 aromatic heterocycles. The van der Waals surface area contributed by atoms with Crippen LogP contribution >= 0.6 is 0 Å². The van der Waals surface area contributed by atoms with Gasteiger partial charge in [0.05, 0.1) is 66.1 Å². The summed E-state index contributed by atoms with van der Waals surface area (Å²) in [4.78, 5) is 4.40. The summed E-state index contributed by atoms with van der Waals surface area (Å²) in [5.74, 6) is 0. The Hall–Kier alpha value is -0.320. The van der Waals surface area contributed by atoms with Gasteiger partial charge in [0, 0.05) is 6.42 Å². The van der Waals surface area contributed by atoms with Crippen molar-refractivity contribution in [2.24, 2.45) is 0 Å². The first-order valence-corrected chi connectivity index (χ1v) is 11.7. The Balaban J connectivity index is 3.25. The molecule has 2 N–H and O–H groups in total. The molecule has 0 saturated heterocycles. The summed E-state index contributed by atoms with van der Waals surface area (Å²) < 4.78 is 26.7. The minimum absolute atomic E-state index is 0.0289. The second-order valence-electron chi connectivity index (χ2n) is 7.20. The molecule has 8 heteroatoms. The molecule has 0 bridgehead atoms. The van der Waals surface area contributed by atoms with E-state index < -0.39 is 6.29 Å². The zero-order valence-corrected chi connectivity index (χ0v) is 19.1. The molecule has 8 nitrogen and oxygen atoms in total. The van der Waals surface area contributed by atoms with Gasteiger partial charge >= 0.3 is 0 Å². The van der Waals surface area contributed by atoms with Crippen molar-refractivity contribution in [3.63, 3.8) is 0 Å². The number of rotatable bonds is 26. The number of ether oxygens (including phenoxy) is 5. The standard InChI is InChI=1S/C22H46O8/c1-2-3-4-5-6-7-8-9-10-11-22(30-24)29-21-20-28-19-18-27-17-16-26-15-14-25-13-12-23/h22-24H,2-21H2,1H3. The van der Waals surface area contributed by atoms with Gasteiger partial charge in [-0.3, -0.25) is 0 Å². The lowest BCUT2D eigenvalue weighted by Crippen LogP contribution is -2.19. The molecule has 0 radical (unpaired) electrons. The molecule has 0 saturated carbocycles. The van der Waals surface area contributed by atoms with Gasteiger partial charge in [-0.15, -0.1) is 0 Å². The summed E-state index contributed by atoms with van der Waals surface area (Å²) in [6.45, 7) is 6.34. The van der Waals surface area contributed by atoms with Crippen LogP contribution in [0.15, 0.2) is 0 Å². The summed E-state index contributed by atoms with van der Waals surface area (Å²) in [7, 11) is 0. The average molecular weight is 439 g/mol. The number of hydrogen-bond acceptors (Lipinski definition) is 8. The highest BCUT2D eigenvalue weighted by Crippen LogP contribution is 2.12. The van der Waals surface area contributed by atoms with Crippen molar-refractivity contribution in [2.45, 2.75) is 77.4 Å². The number of aliphatic hydroxyl groups is 1. The largest absolute Gasteiger partial charge is 0.394 e. The van der Waals surface area contributed by atoms with E-state index in [0.29, 0.717) is 65.9 Å². The van der Waals surface area contributed by atoms with Crippen LogP contribution in [-0.4, -0.2) is 82.7 Å². The van der Waals surface area contributed by atoms with Crippen molar-refractivity contribution < 1.29 is 38.9 Å². The molecular formula is C22H46O8. The van der Waals surface area contributed by atoms with Gasteiger partial charge in [0.15, 0.2) is 6.29 Å².